The number of ether oxygens (including phenoxy) is 3. The van der Waals surface area contributed by atoms with Gasteiger partial charge in [-0.2, -0.15) is 0 Å². The molecule has 6 nitrogen and oxygen atoms in total. The summed E-state index contributed by atoms with van der Waals surface area (Å²) < 4.78 is 17.6. The lowest BCUT2D eigenvalue weighted by atomic mass is 10.1. The van der Waals surface area contributed by atoms with Crippen molar-refractivity contribution < 1.29 is 24.1 Å². The first-order valence-electron chi connectivity index (χ1n) is 17.0. The van der Waals surface area contributed by atoms with Gasteiger partial charge in [0.2, 0.25) is 0 Å². The number of nitrogens with zero attached hydrogens (tertiary/aromatic N) is 1. The Kier molecular flexibility index (Phi) is 16.1. The first kappa shape index (κ1) is 35.7. The van der Waals surface area contributed by atoms with Crippen LogP contribution in [0.4, 0.5) is 5.69 Å². The van der Waals surface area contributed by atoms with Gasteiger partial charge in [-0.3, -0.25) is 4.99 Å². The highest BCUT2D eigenvalue weighted by Crippen LogP contribution is 2.26. The number of hydrogen-bond acceptors (Lipinski definition) is 6. The van der Waals surface area contributed by atoms with E-state index in [2.05, 4.69) is 32.7 Å². The van der Waals surface area contributed by atoms with Gasteiger partial charge in [-0.1, -0.05) is 71.6 Å². The molecule has 0 aromatic heterocycles. The number of hydrogen-bond donors (Lipinski definition) is 1. The molecule has 3 aromatic carbocycles. The van der Waals surface area contributed by atoms with Crippen LogP contribution < -0.4 is 14.2 Å². The molecule has 0 amide bonds. The van der Waals surface area contributed by atoms with Gasteiger partial charge < -0.3 is 19.3 Å². The fourth-order valence-electron chi connectivity index (χ4n) is 5.12. The molecule has 6 heteroatoms. The lowest BCUT2D eigenvalue weighted by Gasteiger charge is -2.15. The quantitative estimate of drug-likeness (QED) is 0.0558. The molecule has 0 saturated carbocycles. The van der Waals surface area contributed by atoms with Crippen LogP contribution in [0, 0.1) is 0 Å². The predicted molar refractivity (Wildman–Crippen MR) is 185 cm³/mol. The van der Waals surface area contributed by atoms with Crippen LogP contribution in [0.5, 0.6) is 23.0 Å². The van der Waals surface area contributed by atoms with E-state index in [0.717, 1.165) is 36.4 Å². The maximum absolute atomic E-state index is 12.7. The van der Waals surface area contributed by atoms with Crippen LogP contribution in [0.25, 0.3) is 0 Å². The molecule has 45 heavy (non-hydrogen) atoms. The molecule has 0 aliphatic heterocycles. The van der Waals surface area contributed by atoms with E-state index in [1.807, 2.05) is 24.3 Å². The van der Waals surface area contributed by atoms with Gasteiger partial charge in [0.25, 0.3) is 0 Å². The van der Waals surface area contributed by atoms with Crippen molar-refractivity contribution in [1.82, 2.24) is 0 Å². The van der Waals surface area contributed by atoms with Crippen LogP contribution in [0.1, 0.15) is 127 Å². The van der Waals surface area contributed by atoms with Crippen LogP contribution >= 0.6 is 0 Å². The number of phenolic OH excluding ortho intramolecular Hbond substituents is 1. The Morgan fingerprint density at radius 1 is 0.689 bits per heavy atom. The molecule has 2 atom stereocenters. The van der Waals surface area contributed by atoms with E-state index < -0.39 is 5.97 Å². The smallest absolute Gasteiger partial charge is 0.343 e. The summed E-state index contributed by atoms with van der Waals surface area (Å²) in [7, 11) is 0. The van der Waals surface area contributed by atoms with Gasteiger partial charge in [0.05, 0.1) is 23.5 Å². The molecule has 0 saturated heterocycles. The Labute approximate surface area is 270 Å². The highest BCUT2D eigenvalue weighted by atomic mass is 16.5. The van der Waals surface area contributed by atoms with Crippen LogP contribution in [0.2, 0.25) is 0 Å². The lowest BCUT2D eigenvalue weighted by molar-refractivity contribution is 0.0734. The molecule has 0 unspecified atom stereocenters. The number of rotatable bonds is 21. The molecule has 0 fully saturated rings. The van der Waals surface area contributed by atoms with Crippen LogP contribution in [-0.4, -0.2) is 29.5 Å². The van der Waals surface area contributed by atoms with E-state index in [4.69, 9.17) is 14.2 Å². The van der Waals surface area contributed by atoms with Crippen molar-refractivity contribution in [1.29, 1.82) is 0 Å². The number of carbonyl (C=O) groups is 1. The minimum absolute atomic E-state index is 0.0282. The van der Waals surface area contributed by atoms with Crippen molar-refractivity contribution in [2.45, 2.75) is 123 Å². The number of benzene rings is 3. The molecule has 3 rings (SSSR count). The number of phenols is 1. The van der Waals surface area contributed by atoms with Crippen molar-refractivity contribution in [2.24, 2.45) is 4.99 Å². The van der Waals surface area contributed by atoms with Gasteiger partial charge in [-0.05, 0) is 100 Å². The molecule has 0 aliphatic carbocycles. The Morgan fingerprint density at radius 3 is 1.73 bits per heavy atom. The Bertz CT molecular complexity index is 1290. The zero-order chi connectivity index (χ0) is 32.3. The van der Waals surface area contributed by atoms with Crippen LogP contribution in [-0.2, 0) is 0 Å². The Hall–Kier alpha value is -3.80. The summed E-state index contributed by atoms with van der Waals surface area (Å²) in [5, 5.41) is 10.5. The average Bonchev–Trinajstić information content (AvgIpc) is 3.03. The van der Waals surface area contributed by atoms with E-state index in [1.54, 1.807) is 42.6 Å². The third-order valence-corrected chi connectivity index (χ3v) is 7.84. The van der Waals surface area contributed by atoms with Crippen molar-refractivity contribution in [2.75, 3.05) is 0 Å². The molecular weight excluding hydrogens is 562 g/mol. The topological polar surface area (TPSA) is 77.4 Å². The zero-order valence-electron chi connectivity index (χ0n) is 27.8. The summed E-state index contributed by atoms with van der Waals surface area (Å²) in [5.41, 5.74) is 1.67. The van der Waals surface area contributed by atoms with Crippen LogP contribution in [0.15, 0.2) is 71.7 Å². The highest BCUT2D eigenvalue weighted by molar-refractivity contribution is 5.91. The lowest BCUT2D eigenvalue weighted by Crippen LogP contribution is -2.12. The second-order valence-corrected chi connectivity index (χ2v) is 12.0. The molecular formula is C39H53NO5. The molecule has 0 bridgehead atoms. The second-order valence-electron chi connectivity index (χ2n) is 12.0. The molecule has 0 heterocycles. The summed E-state index contributed by atoms with van der Waals surface area (Å²) in [6.07, 6.45) is 17.8. The van der Waals surface area contributed by atoms with E-state index in [1.165, 1.54) is 70.3 Å². The van der Waals surface area contributed by atoms with E-state index >= 15 is 0 Å². The van der Waals surface area contributed by atoms with Gasteiger partial charge in [0, 0.05) is 17.8 Å². The number of aliphatic imine (C=N–C) groups is 1. The summed E-state index contributed by atoms with van der Waals surface area (Å²) in [6, 6.07) is 19.3. The normalized spacial score (nSPS) is 12.6. The monoisotopic (exact) mass is 615 g/mol. The maximum Gasteiger partial charge on any atom is 0.343 e. The van der Waals surface area contributed by atoms with Crippen molar-refractivity contribution >= 4 is 17.9 Å². The van der Waals surface area contributed by atoms with E-state index in [9.17, 15) is 9.90 Å². The molecule has 3 aromatic rings. The first-order valence-corrected chi connectivity index (χ1v) is 17.0. The fraction of sp³-hybridized carbons (Fsp3) is 0.487. The zero-order valence-corrected chi connectivity index (χ0v) is 27.8. The summed E-state index contributed by atoms with van der Waals surface area (Å²) in [5.74, 6) is 1.28. The molecule has 0 spiro atoms. The molecule has 244 valence electrons. The van der Waals surface area contributed by atoms with Crippen molar-refractivity contribution in [3.63, 3.8) is 0 Å². The third kappa shape index (κ3) is 13.8. The average molecular weight is 616 g/mol. The standard InChI is InChI=1S/C39H53NO5/c1-5-7-9-11-12-13-15-17-31(4)43-35-23-18-32(19-24-35)39(42)45-37-25-20-33(38(41)28-37)29-40-34-21-26-36(27-22-34)44-30(3)16-14-10-8-6-2/h18-31,41H,5-17H2,1-4H3/t30-,31-/m0/s1. The predicted octanol–water partition coefficient (Wildman–Crippen LogP) is 11.0. The molecule has 0 radical (unpaired) electrons. The Morgan fingerprint density at radius 2 is 1.18 bits per heavy atom. The number of aromatic hydroxyl groups is 1. The number of esters is 1. The van der Waals surface area contributed by atoms with Gasteiger partial charge in [-0.15, -0.1) is 0 Å². The molecule has 1 N–H and O–H groups in total. The number of unbranched alkanes of at least 4 members (excludes halogenated alkanes) is 9. The minimum atomic E-state index is -0.504. The van der Waals surface area contributed by atoms with Gasteiger partial charge in [0.15, 0.2) is 0 Å². The number of carbonyl (C=O) groups excluding carboxylic acids is 1. The summed E-state index contributed by atoms with van der Waals surface area (Å²) in [4.78, 5) is 17.2. The Balaban J connectivity index is 1.43. The highest BCUT2D eigenvalue weighted by Gasteiger charge is 2.12. The SMILES string of the molecule is CCCCCCCCC[C@H](C)Oc1ccc(C(=O)Oc2ccc(C=Nc3ccc(O[C@@H](C)CCCCCC)cc3)c(O)c2)cc1. The third-order valence-electron chi connectivity index (χ3n) is 7.84. The fourth-order valence-corrected chi connectivity index (χ4v) is 5.12. The van der Waals surface area contributed by atoms with Gasteiger partial charge in [-0.25, -0.2) is 4.79 Å². The molecule has 0 aliphatic rings. The van der Waals surface area contributed by atoms with Crippen molar-refractivity contribution in [3.8, 4) is 23.0 Å². The van der Waals surface area contributed by atoms with Crippen LogP contribution in [0.3, 0.4) is 0 Å². The summed E-state index contributed by atoms with van der Waals surface area (Å²) in [6.45, 7) is 8.65. The largest absolute Gasteiger partial charge is 0.507 e. The van der Waals surface area contributed by atoms with Gasteiger partial charge >= 0.3 is 5.97 Å². The maximum atomic E-state index is 12.7. The second kappa shape index (κ2) is 20.3. The van der Waals surface area contributed by atoms with E-state index in [-0.39, 0.29) is 23.7 Å². The van der Waals surface area contributed by atoms with Gasteiger partial charge in [0.1, 0.15) is 23.0 Å². The first-order chi connectivity index (χ1) is 21.9. The summed E-state index contributed by atoms with van der Waals surface area (Å²) >= 11 is 0. The van der Waals surface area contributed by atoms with Crippen molar-refractivity contribution in [3.05, 3.63) is 77.9 Å². The minimum Gasteiger partial charge on any atom is -0.507 e. The van der Waals surface area contributed by atoms with E-state index in [0.29, 0.717) is 11.1 Å².